The number of aryl methyl sites for hydroxylation is 1. The fraction of sp³-hybridized carbons (Fsp3) is 0.0952. The summed E-state index contributed by atoms with van der Waals surface area (Å²) in [4.78, 5) is 12.4. The largest absolute Gasteiger partial charge is 0.319 e. The van der Waals surface area contributed by atoms with Crippen LogP contribution < -0.4 is 5.32 Å². The van der Waals surface area contributed by atoms with Gasteiger partial charge in [-0.25, -0.2) is 13.5 Å². The number of aromatic nitrogens is 2. The maximum absolute atomic E-state index is 13.7. The minimum Gasteiger partial charge on any atom is -0.319 e. The quantitative estimate of drug-likeness (QED) is 0.543. The Hall–Kier alpha value is -3.79. The lowest BCUT2D eigenvalue weighted by molar-refractivity contribution is -0.112. The van der Waals surface area contributed by atoms with Crippen LogP contribution in [0.25, 0.3) is 11.8 Å². The molecule has 0 aliphatic heterocycles. The molecule has 28 heavy (non-hydrogen) atoms. The van der Waals surface area contributed by atoms with Crippen molar-refractivity contribution in [1.29, 1.82) is 5.26 Å². The van der Waals surface area contributed by atoms with Crippen LogP contribution in [0.15, 0.2) is 54.1 Å². The molecule has 0 aliphatic carbocycles. The topological polar surface area (TPSA) is 70.7 Å². The first-order valence-corrected chi connectivity index (χ1v) is 8.40. The van der Waals surface area contributed by atoms with Crippen LogP contribution in [-0.2, 0) is 4.79 Å². The number of para-hydroxylation sites is 1. The highest BCUT2D eigenvalue weighted by atomic mass is 19.1. The Morgan fingerprint density at radius 3 is 2.46 bits per heavy atom. The number of carbonyl (C=O) groups excluding carboxylic acids is 1. The zero-order valence-corrected chi connectivity index (χ0v) is 15.2. The number of anilines is 1. The van der Waals surface area contributed by atoms with Crippen LogP contribution in [-0.4, -0.2) is 15.7 Å². The molecule has 0 aliphatic rings. The van der Waals surface area contributed by atoms with E-state index in [1.165, 1.54) is 36.4 Å². The monoisotopic (exact) mass is 378 g/mol. The Morgan fingerprint density at radius 2 is 1.82 bits per heavy atom. The lowest BCUT2D eigenvalue weighted by Gasteiger charge is -2.06. The van der Waals surface area contributed by atoms with E-state index in [1.54, 1.807) is 36.7 Å². The summed E-state index contributed by atoms with van der Waals surface area (Å²) in [5.41, 5.74) is 2.31. The Bertz CT molecular complexity index is 1110. The molecule has 1 aromatic heterocycles. The molecule has 1 amide bonds. The lowest BCUT2D eigenvalue weighted by atomic mass is 10.1. The third-order valence-corrected chi connectivity index (χ3v) is 4.19. The molecule has 0 bridgehead atoms. The molecular weight excluding hydrogens is 362 g/mol. The molecule has 0 saturated heterocycles. The number of rotatable bonds is 4. The molecule has 5 nitrogen and oxygen atoms in total. The maximum Gasteiger partial charge on any atom is 0.266 e. The van der Waals surface area contributed by atoms with Crippen molar-refractivity contribution in [1.82, 2.24) is 9.78 Å². The number of hydrogen-bond donors (Lipinski definition) is 1. The van der Waals surface area contributed by atoms with E-state index in [0.29, 0.717) is 22.6 Å². The smallest absolute Gasteiger partial charge is 0.266 e. The van der Waals surface area contributed by atoms with Gasteiger partial charge in [0.1, 0.15) is 23.3 Å². The fourth-order valence-corrected chi connectivity index (χ4v) is 2.74. The molecule has 1 N–H and O–H groups in total. The molecule has 140 valence electrons. The Balaban J connectivity index is 1.95. The third-order valence-electron chi connectivity index (χ3n) is 4.19. The van der Waals surface area contributed by atoms with Gasteiger partial charge >= 0.3 is 0 Å². The summed E-state index contributed by atoms with van der Waals surface area (Å²) in [6.45, 7) is 3.52. The van der Waals surface area contributed by atoms with Crippen LogP contribution in [0.2, 0.25) is 0 Å². The lowest BCUT2D eigenvalue weighted by Crippen LogP contribution is -2.14. The van der Waals surface area contributed by atoms with Crippen LogP contribution in [0.1, 0.15) is 17.0 Å². The number of nitrogens with one attached hydrogen (secondary N) is 1. The summed E-state index contributed by atoms with van der Waals surface area (Å²) in [6.07, 6.45) is 1.41. The van der Waals surface area contributed by atoms with E-state index in [1.807, 2.05) is 6.07 Å². The van der Waals surface area contributed by atoms with Crippen LogP contribution in [0.5, 0.6) is 0 Å². The van der Waals surface area contributed by atoms with Crippen molar-refractivity contribution in [3.8, 4) is 11.8 Å². The predicted molar refractivity (Wildman–Crippen MR) is 102 cm³/mol. The van der Waals surface area contributed by atoms with E-state index in [4.69, 9.17) is 0 Å². The van der Waals surface area contributed by atoms with Gasteiger partial charge in [0, 0.05) is 11.3 Å². The normalized spacial score (nSPS) is 11.2. The average Bonchev–Trinajstić information content (AvgIpc) is 2.96. The van der Waals surface area contributed by atoms with Crippen molar-refractivity contribution in [3.63, 3.8) is 0 Å². The molecule has 1 heterocycles. The van der Waals surface area contributed by atoms with Crippen molar-refractivity contribution in [2.75, 3.05) is 5.32 Å². The molecule has 3 rings (SSSR count). The summed E-state index contributed by atoms with van der Waals surface area (Å²) in [7, 11) is 0. The van der Waals surface area contributed by atoms with Gasteiger partial charge in [0.2, 0.25) is 0 Å². The van der Waals surface area contributed by atoms with E-state index in [-0.39, 0.29) is 17.1 Å². The third kappa shape index (κ3) is 3.81. The number of amides is 1. The zero-order chi connectivity index (χ0) is 20.3. The second kappa shape index (κ2) is 7.84. The van der Waals surface area contributed by atoms with Gasteiger partial charge in [0.25, 0.3) is 5.91 Å². The molecule has 2 aromatic carbocycles. The predicted octanol–water partition coefficient (Wildman–Crippen LogP) is 4.31. The number of nitrogens with zero attached hydrogens (tertiary/aromatic N) is 3. The molecule has 0 atom stereocenters. The molecule has 7 heteroatoms. The highest BCUT2D eigenvalue weighted by Gasteiger charge is 2.16. The zero-order valence-electron chi connectivity index (χ0n) is 15.2. The van der Waals surface area contributed by atoms with Gasteiger partial charge in [0.15, 0.2) is 0 Å². The van der Waals surface area contributed by atoms with Crippen molar-refractivity contribution in [2.24, 2.45) is 0 Å². The first kappa shape index (κ1) is 19.0. The summed E-state index contributed by atoms with van der Waals surface area (Å²) in [5, 5.41) is 16.2. The molecular formula is C21H16F2N4O. The van der Waals surface area contributed by atoms with Gasteiger partial charge in [-0.3, -0.25) is 4.79 Å². The minimum atomic E-state index is -0.721. The summed E-state index contributed by atoms with van der Waals surface area (Å²) in [6, 6.07) is 13.4. The molecule has 0 radical (unpaired) electrons. The highest BCUT2D eigenvalue weighted by molar-refractivity contribution is 6.09. The van der Waals surface area contributed by atoms with Crippen LogP contribution in [0.3, 0.4) is 0 Å². The van der Waals surface area contributed by atoms with Crippen molar-refractivity contribution in [3.05, 3.63) is 82.7 Å². The Kier molecular flexibility index (Phi) is 5.32. The Morgan fingerprint density at radius 1 is 1.14 bits per heavy atom. The fourth-order valence-electron chi connectivity index (χ4n) is 2.74. The van der Waals surface area contributed by atoms with E-state index in [9.17, 15) is 18.8 Å². The minimum absolute atomic E-state index is 0.0101. The van der Waals surface area contributed by atoms with Crippen LogP contribution in [0, 0.1) is 36.8 Å². The molecule has 3 aromatic rings. The molecule has 0 spiro atoms. The van der Waals surface area contributed by atoms with Gasteiger partial charge in [0.05, 0.1) is 17.1 Å². The number of nitriles is 1. The number of hydrogen-bond acceptors (Lipinski definition) is 3. The summed E-state index contributed by atoms with van der Waals surface area (Å²) >= 11 is 0. The summed E-state index contributed by atoms with van der Waals surface area (Å²) < 4.78 is 28.5. The van der Waals surface area contributed by atoms with Crippen molar-refractivity contribution < 1.29 is 13.6 Å². The average molecular weight is 378 g/mol. The molecule has 0 unspecified atom stereocenters. The van der Waals surface area contributed by atoms with Gasteiger partial charge < -0.3 is 5.32 Å². The summed E-state index contributed by atoms with van der Waals surface area (Å²) in [5.74, 6) is -1.67. The SMILES string of the molecule is Cc1nn(-c2ccc(F)cc2)c(C)c1/C=C(\C#N)C(=O)Nc1ccccc1F. The Labute approximate surface area is 160 Å². The highest BCUT2D eigenvalue weighted by Crippen LogP contribution is 2.22. The first-order chi connectivity index (χ1) is 13.4. The van der Waals surface area contributed by atoms with Gasteiger partial charge in [-0.1, -0.05) is 12.1 Å². The van der Waals surface area contributed by atoms with Crippen molar-refractivity contribution in [2.45, 2.75) is 13.8 Å². The van der Waals surface area contributed by atoms with E-state index < -0.39 is 11.7 Å². The number of carbonyl (C=O) groups is 1. The second-order valence-electron chi connectivity index (χ2n) is 6.08. The molecule has 0 fully saturated rings. The van der Waals surface area contributed by atoms with Gasteiger partial charge in [-0.2, -0.15) is 10.4 Å². The van der Waals surface area contributed by atoms with Crippen LogP contribution in [0.4, 0.5) is 14.5 Å². The standard InChI is InChI=1S/C21H16F2N4O/c1-13-18(14(2)27(26-13)17-9-7-16(22)8-10-17)11-15(12-24)21(28)25-20-6-4-3-5-19(20)23/h3-11H,1-2H3,(H,25,28)/b15-11+. The second-order valence-corrected chi connectivity index (χ2v) is 6.08. The van der Waals surface area contributed by atoms with Crippen molar-refractivity contribution >= 4 is 17.7 Å². The van der Waals surface area contributed by atoms with E-state index >= 15 is 0 Å². The molecule has 0 saturated carbocycles. The van der Waals surface area contributed by atoms with Gasteiger partial charge in [-0.05, 0) is 56.3 Å². The van der Waals surface area contributed by atoms with E-state index in [2.05, 4.69) is 10.4 Å². The number of halogens is 2. The van der Waals surface area contributed by atoms with E-state index in [0.717, 1.165) is 0 Å². The first-order valence-electron chi connectivity index (χ1n) is 8.40. The number of benzene rings is 2. The van der Waals surface area contributed by atoms with Gasteiger partial charge in [-0.15, -0.1) is 0 Å². The van der Waals surface area contributed by atoms with Crippen LogP contribution >= 0.6 is 0 Å². The maximum atomic E-state index is 13.7.